The predicted octanol–water partition coefficient (Wildman–Crippen LogP) is 6.66. The van der Waals surface area contributed by atoms with Crippen LogP contribution in [0, 0.1) is 0 Å². The molecule has 0 spiro atoms. The summed E-state index contributed by atoms with van der Waals surface area (Å²) in [7, 11) is 0. The number of carbonyl (C=O) groups excluding carboxylic acids is 4. The van der Waals surface area contributed by atoms with Crippen LogP contribution in [0.3, 0.4) is 0 Å². The SMILES string of the molecule is CC(=NNC(=O)CCC(=O)NN=C(C)c1ccc(NC(=O)c2ccc(Cl)cc2)cc1)c1ccc(NC(=O)c2ccc(Cl)cc2)cc1. The van der Waals surface area contributed by atoms with E-state index in [-0.39, 0.29) is 24.7 Å². The van der Waals surface area contributed by atoms with E-state index < -0.39 is 11.8 Å². The van der Waals surface area contributed by atoms with E-state index in [1.54, 1.807) is 111 Å². The summed E-state index contributed by atoms with van der Waals surface area (Å²) in [6.45, 7) is 3.46. The lowest BCUT2D eigenvalue weighted by atomic mass is 10.1. The first-order chi connectivity index (χ1) is 22.1. The van der Waals surface area contributed by atoms with Crippen molar-refractivity contribution in [2.45, 2.75) is 26.7 Å². The number of hydrazone groups is 2. The molecule has 0 saturated carbocycles. The number of nitrogens with one attached hydrogen (secondary N) is 4. The van der Waals surface area contributed by atoms with Crippen molar-refractivity contribution in [3.63, 3.8) is 0 Å². The molecule has 0 aliphatic rings. The van der Waals surface area contributed by atoms with Gasteiger partial charge in [0.2, 0.25) is 11.8 Å². The van der Waals surface area contributed by atoms with Crippen LogP contribution in [-0.2, 0) is 9.59 Å². The summed E-state index contributed by atoms with van der Waals surface area (Å²) in [5.74, 6) is -1.39. The zero-order chi connectivity index (χ0) is 33.1. The molecule has 0 atom stereocenters. The van der Waals surface area contributed by atoms with Gasteiger partial charge in [-0.1, -0.05) is 47.5 Å². The number of hydrogen-bond donors (Lipinski definition) is 4. The molecule has 0 aromatic heterocycles. The van der Waals surface area contributed by atoms with Gasteiger partial charge >= 0.3 is 0 Å². The van der Waals surface area contributed by atoms with Crippen LogP contribution in [-0.4, -0.2) is 35.1 Å². The van der Waals surface area contributed by atoms with Crippen LogP contribution in [0.2, 0.25) is 10.0 Å². The summed E-state index contributed by atoms with van der Waals surface area (Å²) < 4.78 is 0. The fraction of sp³-hybridized carbons (Fsp3) is 0.118. The molecule has 234 valence electrons. The zero-order valence-corrected chi connectivity index (χ0v) is 26.4. The maximum Gasteiger partial charge on any atom is 0.255 e. The highest BCUT2D eigenvalue weighted by atomic mass is 35.5. The fourth-order valence-corrected chi connectivity index (χ4v) is 4.21. The van der Waals surface area contributed by atoms with Crippen molar-refractivity contribution < 1.29 is 19.2 Å². The van der Waals surface area contributed by atoms with Crippen LogP contribution in [0.25, 0.3) is 0 Å². The Morgan fingerprint density at radius 1 is 0.500 bits per heavy atom. The Bertz CT molecular complexity index is 1640. The van der Waals surface area contributed by atoms with Gasteiger partial charge in [-0.25, -0.2) is 10.9 Å². The third-order valence-corrected chi connectivity index (χ3v) is 7.11. The molecule has 0 aliphatic heterocycles. The Balaban J connectivity index is 1.19. The molecule has 4 aromatic carbocycles. The Morgan fingerprint density at radius 2 is 0.804 bits per heavy atom. The molecule has 46 heavy (non-hydrogen) atoms. The minimum Gasteiger partial charge on any atom is -0.322 e. The summed E-state index contributed by atoms with van der Waals surface area (Å²) in [5, 5.41) is 14.9. The molecule has 0 radical (unpaired) electrons. The maximum absolute atomic E-state index is 12.4. The number of anilines is 2. The molecule has 0 heterocycles. The van der Waals surface area contributed by atoms with Gasteiger partial charge in [0.25, 0.3) is 11.8 Å². The first-order valence-corrected chi connectivity index (χ1v) is 14.8. The van der Waals surface area contributed by atoms with Gasteiger partial charge in [-0.2, -0.15) is 10.2 Å². The lowest BCUT2D eigenvalue weighted by Crippen LogP contribution is -2.24. The molecular weight excluding hydrogens is 627 g/mol. The third-order valence-electron chi connectivity index (χ3n) is 6.61. The highest BCUT2D eigenvalue weighted by Gasteiger charge is 2.10. The van der Waals surface area contributed by atoms with E-state index in [4.69, 9.17) is 23.2 Å². The first-order valence-electron chi connectivity index (χ1n) is 14.1. The number of nitrogens with zero attached hydrogens (tertiary/aromatic N) is 2. The van der Waals surface area contributed by atoms with E-state index in [1.165, 1.54) is 0 Å². The van der Waals surface area contributed by atoms with Gasteiger partial charge in [-0.05, 0) is 97.8 Å². The second-order valence-corrected chi connectivity index (χ2v) is 10.9. The highest BCUT2D eigenvalue weighted by Crippen LogP contribution is 2.16. The summed E-state index contributed by atoms with van der Waals surface area (Å²) in [5.41, 5.74) is 9.62. The van der Waals surface area contributed by atoms with Crippen molar-refractivity contribution in [2.75, 3.05) is 10.6 Å². The van der Waals surface area contributed by atoms with Crippen molar-refractivity contribution in [2.24, 2.45) is 10.2 Å². The Morgan fingerprint density at radius 3 is 1.13 bits per heavy atom. The summed E-state index contributed by atoms with van der Waals surface area (Å²) in [6, 6.07) is 27.1. The van der Waals surface area contributed by atoms with Crippen molar-refractivity contribution in [3.05, 3.63) is 129 Å². The van der Waals surface area contributed by atoms with Gasteiger partial charge in [0.15, 0.2) is 0 Å². The smallest absolute Gasteiger partial charge is 0.255 e. The van der Waals surface area contributed by atoms with Gasteiger partial charge < -0.3 is 10.6 Å². The quantitative estimate of drug-likeness (QED) is 0.106. The molecule has 12 heteroatoms. The standard InChI is InChI=1S/C34H30Cl2N6O4/c1-21(23-7-15-29(16-8-23)37-33(45)25-3-11-27(35)12-4-25)39-41-31(43)19-20-32(44)42-40-22(2)24-9-17-30(18-10-24)38-34(46)26-5-13-28(36)14-6-26/h3-18H,19-20H2,1-2H3,(H,37,45)(H,38,46)(H,41,43)(H,42,44). The van der Waals surface area contributed by atoms with E-state index >= 15 is 0 Å². The molecule has 0 saturated heterocycles. The molecule has 4 rings (SSSR count). The molecule has 10 nitrogen and oxygen atoms in total. The maximum atomic E-state index is 12.4. The highest BCUT2D eigenvalue weighted by molar-refractivity contribution is 6.31. The van der Waals surface area contributed by atoms with Crippen LogP contribution < -0.4 is 21.5 Å². The minimum atomic E-state index is -0.432. The van der Waals surface area contributed by atoms with Gasteiger partial charge in [-0.3, -0.25) is 19.2 Å². The molecule has 0 fully saturated rings. The van der Waals surface area contributed by atoms with Crippen molar-refractivity contribution in [1.29, 1.82) is 0 Å². The minimum absolute atomic E-state index is 0.0884. The normalized spacial score (nSPS) is 11.4. The van der Waals surface area contributed by atoms with Crippen LogP contribution in [0.15, 0.2) is 107 Å². The molecule has 0 bridgehead atoms. The van der Waals surface area contributed by atoms with Crippen LogP contribution >= 0.6 is 23.2 Å². The van der Waals surface area contributed by atoms with Crippen LogP contribution in [0.4, 0.5) is 11.4 Å². The number of carbonyl (C=O) groups is 4. The molecule has 4 N–H and O–H groups in total. The topological polar surface area (TPSA) is 141 Å². The lowest BCUT2D eigenvalue weighted by Gasteiger charge is -2.08. The number of benzene rings is 4. The van der Waals surface area contributed by atoms with Gasteiger partial charge in [-0.15, -0.1) is 0 Å². The molecule has 0 unspecified atom stereocenters. The Kier molecular flexibility index (Phi) is 11.8. The Labute approximate surface area is 275 Å². The average Bonchev–Trinajstić information content (AvgIpc) is 3.06. The van der Waals surface area contributed by atoms with Crippen molar-refractivity contribution in [3.8, 4) is 0 Å². The second-order valence-electron chi connectivity index (χ2n) is 10.0. The van der Waals surface area contributed by atoms with Gasteiger partial charge in [0.1, 0.15) is 0 Å². The monoisotopic (exact) mass is 656 g/mol. The number of hydrogen-bond acceptors (Lipinski definition) is 6. The molecule has 4 aromatic rings. The van der Waals surface area contributed by atoms with Gasteiger partial charge in [0.05, 0.1) is 11.4 Å². The van der Waals surface area contributed by atoms with Gasteiger partial charge in [0, 0.05) is 45.4 Å². The van der Waals surface area contributed by atoms with E-state index in [2.05, 4.69) is 31.7 Å². The summed E-state index contributed by atoms with van der Waals surface area (Å²) >= 11 is 11.7. The van der Waals surface area contributed by atoms with Crippen LogP contribution in [0.1, 0.15) is 58.5 Å². The van der Waals surface area contributed by atoms with Crippen LogP contribution in [0.5, 0.6) is 0 Å². The largest absolute Gasteiger partial charge is 0.322 e. The Hall–Kier alpha value is -5.32. The van der Waals surface area contributed by atoms with Crippen molar-refractivity contribution >= 4 is 69.6 Å². The molecule has 4 amide bonds. The average molecular weight is 658 g/mol. The number of amides is 4. The summed E-state index contributed by atoms with van der Waals surface area (Å²) in [4.78, 5) is 49.3. The second kappa shape index (κ2) is 16.1. The first kappa shape index (κ1) is 33.6. The van der Waals surface area contributed by atoms with Crippen molar-refractivity contribution in [1.82, 2.24) is 10.9 Å². The number of rotatable bonds is 11. The number of halogens is 2. The van der Waals surface area contributed by atoms with E-state index in [0.717, 1.165) is 11.1 Å². The fourth-order valence-electron chi connectivity index (χ4n) is 3.96. The van der Waals surface area contributed by atoms with E-state index in [9.17, 15) is 19.2 Å². The third kappa shape index (κ3) is 10.1. The van der Waals surface area contributed by atoms with E-state index in [1.807, 2.05) is 0 Å². The summed E-state index contributed by atoms with van der Waals surface area (Å²) in [6.07, 6.45) is -0.177. The molecular formula is C34H30Cl2N6O4. The molecule has 0 aliphatic carbocycles. The zero-order valence-electron chi connectivity index (χ0n) is 24.9. The predicted molar refractivity (Wildman–Crippen MR) is 182 cm³/mol. The lowest BCUT2D eigenvalue weighted by molar-refractivity contribution is -0.126. The van der Waals surface area contributed by atoms with E-state index in [0.29, 0.717) is 44.0 Å².